The Kier molecular flexibility index (Phi) is 5.38. The SMILES string of the molecule is COC(=O)c1ccc(/C=C/c2cc3c(cc2C)C(C)(C)[C@@H]2OC(C)(C)O[C@H]2C3(C)C)cc1. The number of fused-ring (bicyclic) bond motifs is 2. The van der Waals surface area contributed by atoms with E-state index in [1.54, 1.807) is 12.1 Å². The molecule has 1 saturated heterocycles. The minimum Gasteiger partial charge on any atom is -0.465 e. The molecular weight excluding hydrogens is 400 g/mol. The van der Waals surface area contributed by atoms with Gasteiger partial charge in [-0.25, -0.2) is 4.79 Å². The molecule has 4 nitrogen and oxygen atoms in total. The van der Waals surface area contributed by atoms with Crippen LogP contribution in [-0.2, 0) is 25.0 Å². The standard InChI is InChI=1S/C28H34O4/c1-17-15-21-22(27(4,5)24-23(26(21,2)3)31-28(6,7)32-24)16-20(17)14-11-18-9-12-19(13-10-18)25(29)30-8/h9-16,23-24H,1-8H3/b14-11+/t23-,24-/m1/s1. The van der Waals surface area contributed by atoms with Gasteiger partial charge in [-0.2, -0.15) is 0 Å². The minimum absolute atomic E-state index is 0.00844. The molecule has 2 aromatic carbocycles. The van der Waals surface area contributed by atoms with Crippen molar-refractivity contribution in [2.45, 2.75) is 77.3 Å². The van der Waals surface area contributed by atoms with E-state index in [-0.39, 0.29) is 29.0 Å². The number of hydrogen-bond donors (Lipinski definition) is 0. The predicted octanol–water partition coefficient (Wildman–Crippen LogP) is 6.04. The van der Waals surface area contributed by atoms with E-state index in [0.717, 1.165) is 5.56 Å². The van der Waals surface area contributed by atoms with Crippen molar-refractivity contribution < 1.29 is 19.0 Å². The molecule has 0 saturated carbocycles. The van der Waals surface area contributed by atoms with E-state index in [4.69, 9.17) is 14.2 Å². The number of ether oxygens (including phenoxy) is 3. The molecule has 1 aliphatic carbocycles. The number of carbonyl (C=O) groups is 1. The second-order valence-electron chi connectivity index (χ2n) is 10.6. The van der Waals surface area contributed by atoms with Crippen LogP contribution in [0.4, 0.5) is 0 Å². The van der Waals surface area contributed by atoms with Crippen LogP contribution in [0.25, 0.3) is 12.2 Å². The fourth-order valence-electron chi connectivity index (χ4n) is 5.13. The number of hydrogen-bond acceptors (Lipinski definition) is 4. The summed E-state index contributed by atoms with van der Waals surface area (Å²) < 4.78 is 17.6. The maximum Gasteiger partial charge on any atom is 0.337 e. The van der Waals surface area contributed by atoms with E-state index in [9.17, 15) is 4.79 Å². The van der Waals surface area contributed by atoms with Crippen molar-refractivity contribution in [2.24, 2.45) is 0 Å². The van der Waals surface area contributed by atoms with Crippen LogP contribution in [0.1, 0.15) is 79.7 Å². The molecule has 1 heterocycles. The zero-order valence-electron chi connectivity index (χ0n) is 20.4. The number of benzene rings is 2. The summed E-state index contributed by atoms with van der Waals surface area (Å²) in [4.78, 5) is 11.7. The first-order chi connectivity index (χ1) is 14.9. The Morgan fingerprint density at radius 2 is 1.41 bits per heavy atom. The summed E-state index contributed by atoms with van der Waals surface area (Å²) in [6.07, 6.45) is 4.23. The van der Waals surface area contributed by atoms with Gasteiger partial charge in [0.05, 0.1) is 24.9 Å². The molecule has 0 unspecified atom stereocenters. The van der Waals surface area contributed by atoms with Crippen molar-refractivity contribution in [3.05, 3.63) is 69.8 Å². The quantitative estimate of drug-likeness (QED) is 0.436. The Morgan fingerprint density at radius 3 is 1.94 bits per heavy atom. The van der Waals surface area contributed by atoms with Crippen LogP contribution in [0.3, 0.4) is 0 Å². The van der Waals surface area contributed by atoms with Gasteiger partial charge in [0, 0.05) is 10.8 Å². The molecule has 2 atom stereocenters. The molecule has 4 heteroatoms. The Labute approximate surface area is 191 Å². The van der Waals surface area contributed by atoms with Gasteiger partial charge in [-0.05, 0) is 60.7 Å². The summed E-state index contributed by atoms with van der Waals surface area (Å²) in [6.45, 7) is 15.2. The summed E-state index contributed by atoms with van der Waals surface area (Å²) in [7, 11) is 1.39. The van der Waals surface area contributed by atoms with Crippen LogP contribution in [0.2, 0.25) is 0 Å². The van der Waals surface area contributed by atoms with Crippen molar-refractivity contribution in [1.29, 1.82) is 0 Å². The number of aryl methyl sites for hydroxylation is 1. The van der Waals surface area contributed by atoms with E-state index >= 15 is 0 Å². The van der Waals surface area contributed by atoms with Crippen LogP contribution >= 0.6 is 0 Å². The smallest absolute Gasteiger partial charge is 0.337 e. The van der Waals surface area contributed by atoms with Gasteiger partial charge in [0.15, 0.2) is 5.79 Å². The molecule has 2 aliphatic rings. The van der Waals surface area contributed by atoms with E-state index in [1.807, 2.05) is 26.0 Å². The lowest BCUT2D eigenvalue weighted by Gasteiger charge is -2.48. The fourth-order valence-corrected chi connectivity index (χ4v) is 5.13. The van der Waals surface area contributed by atoms with E-state index < -0.39 is 5.79 Å². The van der Waals surface area contributed by atoms with Crippen LogP contribution in [0, 0.1) is 6.92 Å². The molecule has 0 aromatic heterocycles. The molecule has 0 bridgehead atoms. The Morgan fingerprint density at radius 1 is 0.875 bits per heavy atom. The molecule has 0 spiro atoms. The molecule has 170 valence electrons. The summed E-state index contributed by atoms with van der Waals surface area (Å²) in [6, 6.07) is 12.1. The first-order valence-corrected chi connectivity index (χ1v) is 11.2. The Bertz CT molecular complexity index is 1070. The Hall–Kier alpha value is -2.43. The third kappa shape index (κ3) is 3.70. The van der Waals surface area contributed by atoms with Crippen molar-refractivity contribution >= 4 is 18.1 Å². The summed E-state index contributed by atoms with van der Waals surface area (Å²) in [5.41, 5.74) is 6.31. The summed E-state index contributed by atoms with van der Waals surface area (Å²) in [5, 5.41) is 0. The Balaban J connectivity index is 1.71. The molecule has 1 aliphatic heterocycles. The highest BCUT2D eigenvalue weighted by Gasteiger charge is 2.59. The van der Waals surface area contributed by atoms with Gasteiger partial charge in [0.2, 0.25) is 0 Å². The second kappa shape index (κ2) is 7.57. The van der Waals surface area contributed by atoms with Crippen molar-refractivity contribution in [2.75, 3.05) is 7.11 Å². The first-order valence-electron chi connectivity index (χ1n) is 11.2. The number of rotatable bonds is 3. The molecule has 0 radical (unpaired) electrons. The third-order valence-electron chi connectivity index (χ3n) is 7.10. The van der Waals surface area contributed by atoms with Crippen molar-refractivity contribution in [1.82, 2.24) is 0 Å². The van der Waals surface area contributed by atoms with E-state index in [0.29, 0.717) is 5.56 Å². The third-order valence-corrected chi connectivity index (χ3v) is 7.10. The molecular formula is C28H34O4. The highest BCUT2D eigenvalue weighted by Crippen LogP contribution is 2.53. The van der Waals surface area contributed by atoms with Crippen LogP contribution < -0.4 is 0 Å². The second-order valence-corrected chi connectivity index (χ2v) is 10.6. The molecule has 0 amide bonds. The number of methoxy groups -OCH3 is 1. The minimum atomic E-state index is -0.583. The zero-order valence-corrected chi connectivity index (χ0v) is 20.4. The van der Waals surface area contributed by atoms with Gasteiger partial charge in [0.1, 0.15) is 0 Å². The zero-order chi connectivity index (χ0) is 23.5. The van der Waals surface area contributed by atoms with Crippen LogP contribution in [-0.4, -0.2) is 31.1 Å². The van der Waals surface area contributed by atoms with Gasteiger partial charge in [-0.3, -0.25) is 0 Å². The van der Waals surface area contributed by atoms with Crippen molar-refractivity contribution in [3.63, 3.8) is 0 Å². The maximum atomic E-state index is 11.7. The van der Waals surface area contributed by atoms with Crippen LogP contribution in [0.5, 0.6) is 0 Å². The average molecular weight is 435 g/mol. The van der Waals surface area contributed by atoms with Crippen LogP contribution in [0.15, 0.2) is 36.4 Å². The lowest BCUT2D eigenvalue weighted by molar-refractivity contribution is -0.153. The molecule has 32 heavy (non-hydrogen) atoms. The number of esters is 1. The fraction of sp³-hybridized carbons (Fsp3) is 0.464. The van der Waals surface area contributed by atoms with E-state index in [1.165, 1.54) is 29.4 Å². The van der Waals surface area contributed by atoms with E-state index in [2.05, 4.69) is 58.9 Å². The first kappa shape index (κ1) is 22.8. The summed E-state index contributed by atoms with van der Waals surface area (Å²) in [5.74, 6) is -0.907. The van der Waals surface area contributed by atoms with Gasteiger partial charge in [-0.1, -0.05) is 64.1 Å². The molecule has 2 aromatic rings. The predicted molar refractivity (Wildman–Crippen MR) is 128 cm³/mol. The average Bonchev–Trinajstić information content (AvgIpc) is 3.09. The highest BCUT2D eigenvalue weighted by molar-refractivity contribution is 5.89. The molecule has 0 N–H and O–H groups in total. The van der Waals surface area contributed by atoms with Gasteiger partial charge >= 0.3 is 5.97 Å². The summed E-state index contributed by atoms with van der Waals surface area (Å²) >= 11 is 0. The van der Waals surface area contributed by atoms with Gasteiger partial charge in [0.25, 0.3) is 0 Å². The van der Waals surface area contributed by atoms with Gasteiger partial charge in [-0.15, -0.1) is 0 Å². The maximum absolute atomic E-state index is 11.7. The van der Waals surface area contributed by atoms with Gasteiger partial charge < -0.3 is 14.2 Å². The lowest BCUT2D eigenvalue weighted by Crippen LogP contribution is -2.54. The molecule has 1 fully saturated rings. The lowest BCUT2D eigenvalue weighted by atomic mass is 9.59. The normalized spacial score (nSPS) is 24.8. The molecule has 4 rings (SSSR count). The number of carbonyl (C=O) groups excluding carboxylic acids is 1. The monoisotopic (exact) mass is 434 g/mol. The highest BCUT2D eigenvalue weighted by atomic mass is 16.8. The van der Waals surface area contributed by atoms with Crippen molar-refractivity contribution in [3.8, 4) is 0 Å². The topological polar surface area (TPSA) is 44.8 Å². The largest absolute Gasteiger partial charge is 0.465 e.